The quantitative estimate of drug-likeness (QED) is 0.904. The second kappa shape index (κ2) is 6.29. The summed E-state index contributed by atoms with van der Waals surface area (Å²) in [7, 11) is 0. The molecule has 0 bridgehead atoms. The van der Waals surface area contributed by atoms with Crippen LogP contribution in [-0.4, -0.2) is 12.5 Å². The maximum atomic E-state index is 12.4. The summed E-state index contributed by atoms with van der Waals surface area (Å²) in [4.78, 5) is 12.4. The lowest BCUT2D eigenvalue weighted by Gasteiger charge is -2.19. The van der Waals surface area contributed by atoms with Crippen LogP contribution in [0.25, 0.3) is 6.08 Å². The molecule has 23 heavy (non-hydrogen) atoms. The first kappa shape index (κ1) is 15.3. The summed E-state index contributed by atoms with van der Waals surface area (Å²) in [6, 6.07) is 13.9. The molecule has 0 radical (unpaired) electrons. The van der Waals surface area contributed by atoms with Gasteiger partial charge in [-0.1, -0.05) is 44.2 Å². The minimum atomic E-state index is -0.116. The van der Waals surface area contributed by atoms with Gasteiger partial charge in [-0.05, 0) is 42.2 Å². The predicted molar refractivity (Wildman–Crippen MR) is 93.8 cm³/mol. The topological polar surface area (TPSA) is 38.3 Å². The van der Waals surface area contributed by atoms with Crippen LogP contribution in [0.1, 0.15) is 36.5 Å². The molecule has 0 aromatic heterocycles. The van der Waals surface area contributed by atoms with Crippen LogP contribution in [0.2, 0.25) is 0 Å². The summed E-state index contributed by atoms with van der Waals surface area (Å²) in [5.41, 5.74) is 4.73. The first-order valence-corrected chi connectivity index (χ1v) is 7.89. The molecule has 3 nitrogen and oxygen atoms in total. The fourth-order valence-corrected chi connectivity index (χ4v) is 2.66. The molecule has 0 saturated heterocycles. The van der Waals surface area contributed by atoms with Crippen LogP contribution in [0.4, 0.5) is 5.69 Å². The Balaban J connectivity index is 1.76. The number of ether oxygens (including phenoxy) is 1. The summed E-state index contributed by atoms with van der Waals surface area (Å²) >= 11 is 0. The van der Waals surface area contributed by atoms with Crippen molar-refractivity contribution in [2.75, 3.05) is 11.9 Å². The number of carbonyl (C=O) groups is 1. The van der Waals surface area contributed by atoms with E-state index < -0.39 is 0 Å². The highest BCUT2D eigenvalue weighted by Crippen LogP contribution is 2.30. The highest BCUT2D eigenvalue weighted by atomic mass is 16.5. The third-order valence-electron chi connectivity index (χ3n) is 4.07. The van der Waals surface area contributed by atoms with E-state index in [9.17, 15) is 4.79 Å². The van der Waals surface area contributed by atoms with Gasteiger partial charge >= 0.3 is 0 Å². The van der Waals surface area contributed by atoms with Crippen molar-refractivity contribution >= 4 is 17.7 Å². The van der Waals surface area contributed by atoms with Gasteiger partial charge in [-0.15, -0.1) is 0 Å². The van der Waals surface area contributed by atoms with E-state index in [4.69, 9.17) is 4.74 Å². The Bertz CT molecular complexity index is 758. The number of fused-ring (bicyclic) bond motifs is 1. The second-order valence-corrected chi connectivity index (χ2v) is 6.18. The number of anilines is 1. The van der Waals surface area contributed by atoms with Gasteiger partial charge in [-0.2, -0.15) is 0 Å². The SMILES string of the molecule is Cc1cccc2c1OCC(C(=O)Nc1ccc(C(C)C)cc1)=C2. The average molecular weight is 307 g/mol. The fourth-order valence-electron chi connectivity index (χ4n) is 2.66. The van der Waals surface area contributed by atoms with Gasteiger partial charge in [0.15, 0.2) is 0 Å². The second-order valence-electron chi connectivity index (χ2n) is 6.18. The lowest BCUT2D eigenvalue weighted by Crippen LogP contribution is -2.21. The molecular formula is C20H21NO2. The van der Waals surface area contributed by atoms with Gasteiger partial charge in [0, 0.05) is 11.3 Å². The minimum Gasteiger partial charge on any atom is -0.488 e. The number of hydrogen-bond donors (Lipinski definition) is 1. The average Bonchev–Trinajstić information content (AvgIpc) is 2.55. The van der Waals surface area contributed by atoms with Gasteiger partial charge in [0.2, 0.25) is 0 Å². The molecule has 0 saturated carbocycles. The number of amides is 1. The molecule has 1 amide bonds. The fraction of sp³-hybridized carbons (Fsp3) is 0.250. The summed E-state index contributed by atoms with van der Waals surface area (Å²) < 4.78 is 5.75. The zero-order valence-electron chi connectivity index (χ0n) is 13.7. The molecule has 1 aliphatic heterocycles. The summed E-state index contributed by atoms with van der Waals surface area (Å²) in [6.45, 7) is 6.61. The van der Waals surface area contributed by atoms with E-state index in [1.165, 1.54) is 5.56 Å². The number of nitrogens with one attached hydrogen (secondary N) is 1. The van der Waals surface area contributed by atoms with E-state index in [1.54, 1.807) is 0 Å². The van der Waals surface area contributed by atoms with Gasteiger partial charge < -0.3 is 10.1 Å². The van der Waals surface area contributed by atoms with Gasteiger partial charge in [-0.25, -0.2) is 0 Å². The van der Waals surface area contributed by atoms with Crippen LogP contribution >= 0.6 is 0 Å². The van der Waals surface area contributed by atoms with Crippen molar-refractivity contribution < 1.29 is 9.53 Å². The van der Waals surface area contributed by atoms with E-state index in [-0.39, 0.29) is 5.91 Å². The molecule has 2 aromatic rings. The first-order valence-electron chi connectivity index (χ1n) is 7.89. The molecule has 0 fully saturated rings. The van der Waals surface area contributed by atoms with Crippen molar-refractivity contribution in [3.05, 3.63) is 64.7 Å². The molecule has 2 aromatic carbocycles. The van der Waals surface area contributed by atoms with Crippen LogP contribution in [0.15, 0.2) is 48.0 Å². The lowest BCUT2D eigenvalue weighted by atomic mass is 10.0. The molecule has 0 spiro atoms. The van der Waals surface area contributed by atoms with Crippen molar-refractivity contribution in [1.29, 1.82) is 0 Å². The Kier molecular flexibility index (Phi) is 4.20. The maximum Gasteiger partial charge on any atom is 0.255 e. The maximum absolute atomic E-state index is 12.4. The van der Waals surface area contributed by atoms with E-state index in [1.807, 2.05) is 55.5 Å². The summed E-state index contributed by atoms with van der Waals surface area (Å²) in [6.07, 6.45) is 1.91. The third kappa shape index (κ3) is 3.29. The Morgan fingerprint density at radius 1 is 1.13 bits per heavy atom. The molecular weight excluding hydrogens is 286 g/mol. The Morgan fingerprint density at radius 2 is 1.87 bits per heavy atom. The minimum absolute atomic E-state index is 0.116. The summed E-state index contributed by atoms with van der Waals surface area (Å²) in [5.74, 6) is 1.23. The van der Waals surface area contributed by atoms with E-state index in [2.05, 4.69) is 19.2 Å². The number of benzene rings is 2. The van der Waals surface area contributed by atoms with Crippen LogP contribution in [0.3, 0.4) is 0 Å². The zero-order valence-corrected chi connectivity index (χ0v) is 13.7. The summed E-state index contributed by atoms with van der Waals surface area (Å²) in [5, 5.41) is 2.94. The number of rotatable bonds is 3. The molecule has 1 N–H and O–H groups in total. The van der Waals surface area contributed by atoms with E-state index >= 15 is 0 Å². The monoisotopic (exact) mass is 307 g/mol. The van der Waals surface area contributed by atoms with Crippen LogP contribution in [0, 0.1) is 6.92 Å². The lowest BCUT2D eigenvalue weighted by molar-refractivity contribution is -0.113. The number of aryl methyl sites for hydroxylation is 1. The number of para-hydroxylation sites is 1. The molecule has 0 atom stereocenters. The highest BCUT2D eigenvalue weighted by molar-refractivity contribution is 6.07. The van der Waals surface area contributed by atoms with Crippen molar-refractivity contribution in [2.24, 2.45) is 0 Å². The van der Waals surface area contributed by atoms with Gasteiger partial charge in [0.1, 0.15) is 12.4 Å². The smallest absolute Gasteiger partial charge is 0.255 e. The largest absolute Gasteiger partial charge is 0.488 e. The molecule has 3 heteroatoms. The van der Waals surface area contributed by atoms with Crippen LogP contribution in [0.5, 0.6) is 5.75 Å². The first-order chi connectivity index (χ1) is 11.0. The number of hydrogen-bond acceptors (Lipinski definition) is 2. The molecule has 1 aliphatic rings. The van der Waals surface area contributed by atoms with Gasteiger partial charge in [0.25, 0.3) is 5.91 Å². The molecule has 1 heterocycles. The third-order valence-corrected chi connectivity index (χ3v) is 4.07. The Labute approximate surface area is 137 Å². The van der Waals surface area contributed by atoms with Crippen molar-refractivity contribution in [3.63, 3.8) is 0 Å². The molecule has 0 unspecified atom stereocenters. The van der Waals surface area contributed by atoms with Crippen LogP contribution < -0.4 is 10.1 Å². The van der Waals surface area contributed by atoms with E-state index in [0.717, 1.165) is 22.6 Å². The normalized spacial score (nSPS) is 13.1. The zero-order chi connectivity index (χ0) is 16.4. The Hall–Kier alpha value is -2.55. The highest BCUT2D eigenvalue weighted by Gasteiger charge is 2.18. The molecule has 118 valence electrons. The standard InChI is InChI=1S/C20H21NO2/c1-13(2)15-7-9-18(10-8-15)21-20(22)17-11-16-6-4-5-14(3)19(16)23-12-17/h4-11,13H,12H2,1-3H3,(H,21,22). The van der Waals surface area contributed by atoms with Gasteiger partial charge in [0.05, 0.1) is 5.57 Å². The molecule has 0 aliphatic carbocycles. The van der Waals surface area contributed by atoms with Crippen molar-refractivity contribution in [2.45, 2.75) is 26.7 Å². The Morgan fingerprint density at radius 3 is 2.57 bits per heavy atom. The van der Waals surface area contributed by atoms with Crippen molar-refractivity contribution in [3.8, 4) is 5.75 Å². The number of carbonyl (C=O) groups excluding carboxylic acids is 1. The predicted octanol–water partition coefficient (Wildman–Crippen LogP) is 4.53. The molecule has 3 rings (SSSR count). The van der Waals surface area contributed by atoms with Crippen molar-refractivity contribution in [1.82, 2.24) is 0 Å². The van der Waals surface area contributed by atoms with E-state index in [0.29, 0.717) is 18.1 Å². The van der Waals surface area contributed by atoms with Gasteiger partial charge in [-0.3, -0.25) is 4.79 Å². The van der Waals surface area contributed by atoms with Crippen LogP contribution in [-0.2, 0) is 4.79 Å².